The van der Waals surface area contributed by atoms with Crippen LogP contribution in [0.4, 0.5) is 5.69 Å². The van der Waals surface area contributed by atoms with Gasteiger partial charge in [-0.2, -0.15) is 0 Å². The topological polar surface area (TPSA) is 64.8 Å². The van der Waals surface area contributed by atoms with E-state index in [0.717, 1.165) is 11.3 Å². The van der Waals surface area contributed by atoms with Crippen LogP contribution in [0.5, 0.6) is 0 Å². The number of anilines is 1. The maximum atomic E-state index is 10.9. The Morgan fingerprint density at radius 3 is 2.21 bits per heavy atom. The molecule has 0 aliphatic carbocycles. The Bertz CT molecular complexity index is 450. The van der Waals surface area contributed by atoms with E-state index in [9.17, 15) is 10.1 Å². The second-order valence-corrected chi connectivity index (χ2v) is 5.19. The molecule has 0 unspecified atom stereocenters. The molecule has 0 spiro atoms. The van der Waals surface area contributed by atoms with Gasteiger partial charge in [0.15, 0.2) is 6.29 Å². The third-order valence-electron chi connectivity index (χ3n) is 3.21. The lowest BCUT2D eigenvalue weighted by Gasteiger charge is -2.31. The molecule has 0 bridgehead atoms. The molecule has 0 saturated carbocycles. The first-order valence-electron chi connectivity index (χ1n) is 6.07. The maximum Gasteiger partial charge on any atom is 0.265 e. The predicted molar refractivity (Wildman–Crippen MR) is 70.8 cm³/mol. The Hall–Kier alpha value is -1.66. The third-order valence-corrected chi connectivity index (χ3v) is 3.21. The van der Waals surface area contributed by atoms with E-state index in [4.69, 9.17) is 9.47 Å². The Morgan fingerprint density at radius 1 is 1.26 bits per heavy atom. The molecule has 1 fully saturated rings. The summed E-state index contributed by atoms with van der Waals surface area (Å²) in [7, 11) is 3.93. The van der Waals surface area contributed by atoms with Crippen molar-refractivity contribution in [2.75, 3.05) is 32.2 Å². The predicted octanol–water partition coefficient (Wildman–Crippen LogP) is 1.83. The van der Waals surface area contributed by atoms with Crippen molar-refractivity contribution >= 4 is 5.69 Å². The van der Waals surface area contributed by atoms with Crippen LogP contribution in [0.25, 0.3) is 0 Å². The van der Waals surface area contributed by atoms with Gasteiger partial charge in [-0.15, -0.1) is 0 Å². The van der Waals surface area contributed by atoms with E-state index in [1.54, 1.807) is 0 Å². The molecule has 0 radical (unpaired) electrons. The highest BCUT2D eigenvalue weighted by atomic mass is 16.7. The van der Waals surface area contributed by atoms with Gasteiger partial charge in [-0.25, -0.2) is 0 Å². The van der Waals surface area contributed by atoms with Crippen molar-refractivity contribution in [3.63, 3.8) is 0 Å². The molecule has 1 heterocycles. The maximum absolute atomic E-state index is 10.9. The smallest absolute Gasteiger partial charge is 0.265 e. The van der Waals surface area contributed by atoms with Gasteiger partial charge >= 0.3 is 0 Å². The average Bonchev–Trinajstić information content (AvgIpc) is 2.39. The molecule has 0 amide bonds. The van der Waals surface area contributed by atoms with Gasteiger partial charge < -0.3 is 14.4 Å². The van der Waals surface area contributed by atoms with Crippen molar-refractivity contribution in [1.82, 2.24) is 0 Å². The fraction of sp³-hybridized carbons (Fsp3) is 0.538. The molecule has 1 aliphatic rings. The van der Waals surface area contributed by atoms with E-state index in [-0.39, 0.29) is 18.1 Å². The van der Waals surface area contributed by atoms with E-state index < -0.39 is 11.8 Å². The fourth-order valence-corrected chi connectivity index (χ4v) is 1.83. The summed E-state index contributed by atoms with van der Waals surface area (Å²) in [6, 6.07) is 7.75. The Kier molecular flexibility index (Phi) is 3.73. The number of ether oxygens (including phenoxy) is 2. The average molecular weight is 266 g/mol. The first-order chi connectivity index (χ1) is 8.92. The van der Waals surface area contributed by atoms with Gasteiger partial charge in [-0.3, -0.25) is 10.1 Å². The Labute approximate surface area is 112 Å². The monoisotopic (exact) mass is 266 g/mol. The van der Waals surface area contributed by atoms with Crippen molar-refractivity contribution in [3.8, 4) is 0 Å². The number of hydrogen-bond acceptors (Lipinski definition) is 5. The zero-order valence-electron chi connectivity index (χ0n) is 11.3. The standard InChI is InChI=1S/C13H18N2O4/c1-13(15(16)17)8-18-12(19-9-13)10-4-6-11(7-5-10)14(2)3/h4-7,12H,8-9H2,1-3H3. The summed E-state index contributed by atoms with van der Waals surface area (Å²) >= 11 is 0. The van der Waals surface area contributed by atoms with Crippen LogP contribution in [0.2, 0.25) is 0 Å². The summed E-state index contributed by atoms with van der Waals surface area (Å²) in [5.41, 5.74) is 0.797. The first-order valence-corrected chi connectivity index (χ1v) is 6.07. The first kappa shape index (κ1) is 13.8. The number of rotatable bonds is 3. The highest BCUT2D eigenvalue weighted by molar-refractivity contribution is 5.46. The summed E-state index contributed by atoms with van der Waals surface area (Å²) in [4.78, 5) is 12.5. The van der Waals surface area contributed by atoms with Crippen molar-refractivity contribution in [3.05, 3.63) is 39.9 Å². The number of benzene rings is 1. The number of hydrogen-bond donors (Lipinski definition) is 0. The van der Waals surface area contributed by atoms with Gasteiger partial charge in [-0.1, -0.05) is 12.1 Å². The Balaban J connectivity index is 2.03. The molecule has 1 aromatic carbocycles. The minimum atomic E-state index is -1.15. The zero-order valence-corrected chi connectivity index (χ0v) is 11.3. The van der Waals surface area contributed by atoms with Gasteiger partial charge in [0, 0.05) is 37.2 Å². The van der Waals surface area contributed by atoms with Gasteiger partial charge in [0.2, 0.25) is 0 Å². The van der Waals surface area contributed by atoms with Crippen molar-refractivity contribution < 1.29 is 14.4 Å². The summed E-state index contributed by atoms with van der Waals surface area (Å²) in [6.45, 7) is 1.64. The minimum Gasteiger partial charge on any atom is -0.378 e. The molecule has 0 aromatic heterocycles. The molecule has 2 rings (SSSR count). The molecule has 104 valence electrons. The molecule has 1 saturated heterocycles. The highest BCUT2D eigenvalue weighted by Crippen LogP contribution is 2.29. The van der Waals surface area contributed by atoms with Crippen LogP contribution in [0.15, 0.2) is 24.3 Å². The van der Waals surface area contributed by atoms with E-state index in [2.05, 4.69) is 0 Å². The molecule has 0 atom stereocenters. The third kappa shape index (κ3) is 2.85. The van der Waals surface area contributed by atoms with E-state index in [1.165, 1.54) is 6.92 Å². The zero-order chi connectivity index (χ0) is 14.0. The lowest BCUT2D eigenvalue weighted by Crippen LogP contribution is -2.48. The van der Waals surface area contributed by atoms with Crippen LogP contribution >= 0.6 is 0 Å². The minimum absolute atomic E-state index is 0.0557. The molecule has 6 heteroatoms. The quantitative estimate of drug-likeness (QED) is 0.617. The van der Waals surface area contributed by atoms with Crippen molar-refractivity contribution in [2.45, 2.75) is 18.8 Å². The molecule has 0 N–H and O–H groups in total. The van der Waals surface area contributed by atoms with Crippen molar-refractivity contribution in [2.24, 2.45) is 0 Å². The van der Waals surface area contributed by atoms with Gasteiger partial charge in [0.25, 0.3) is 5.54 Å². The summed E-state index contributed by atoms with van der Waals surface area (Å²) in [5, 5.41) is 10.9. The summed E-state index contributed by atoms with van der Waals surface area (Å²) in [5.74, 6) is 0. The summed E-state index contributed by atoms with van der Waals surface area (Å²) < 4.78 is 10.9. The Morgan fingerprint density at radius 2 is 1.79 bits per heavy atom. The number of nitrogens with zero attached hydrogens (tertiary/aromatic N) is 2. The van der Waals surface area contributed by atoms with Gasteiger partial charge in [0.1, 0.15) is 13.2 Å². The second-order valence-electron chi connectivity index (χ2n) is 5.19. The lowest BCUT2D eigenvalue weighted by atomic mass is 10.1. The van der Waals surface area contributed by atoms with E-state index in [0.29, 0.717) is 0 Å². The van der Waals surface area contributed by atoms with Crippen LogP contribution in [0, 0.1) is 10.1 Å². The van der Waals surface area contributed by atoms with E-state index in [1.807, 2.05) is 43.3 Å². The van der Waals surface area contributed by atoms with Gasteiger partial charge in [0.05, 0.1) is 0 Å². The SMILES string of the molecule is CN(C)c1ccc(C2OCC(C)([N+](=O)[O-])CO2)cc1. The van der Waals surface area contributed by atoms with Gasteiger partial charge in [-0.05, 0) is 12.1 Å². The molecular formula is C13H18N2O4. The molecule has 6 nitrogen and oxygen atoms in total. The fourth-order valence-electron chi connectivity index (χ4n) is 1.83. The van der Waals surface area contributed by atoms with Crippen molar-refractivity contribution in [1.29, 1.82) is 0 Å². The lowest BCUT2D eigenvalue weighted by molar-refractivity contribution is -0.587. The van der Waals surface area contributed by atoms with Crippen LogP contribution in [0.1, 0.15) is 18.8 Å². The normalized spacial score (nSPS) is 27.0. The molecule has 1 aromatic rings. The molecule has 19 heavy (non-hydrogen) atoms. The van der Waals surface area contributed by atoms with Crippen LogP contribution in [-0.2, 0) is 9.47 Å². The molecule has 1 aliphatic heterocycles. The largest absolute Gasteiger partial charge is 0.378 e. The van der Waals surface area contributed by atoms with E-state index >= 15 is 0 Å². The van der Waals surface area contributed by atoms with Crippen LogP contribution in [-0.4, -0.2) is 37.8 Å². The van der Waals surface area contributed by atoms with Crippen LogP contribution < -0.4 is 4.90 Å². The van der Waals surface area contributed by atoms with Crippen LogP contribution in [0.3, 0.4) is 0 Å². The summed E-state index contributed by atoms with van der Waals surface area (Å²) in [6.07, 6.45) is -0.524. The molecular weight excluding hydrogens is 248 g/mol. The second kappa shape index (κ2) is 5.14. The number of nitro groups is 1. The highest BCUT2D eigenvalue weighted by Gasteiger charge is 2.43.